The normalized spacial score (nSPS) is 38.5. The average molecular weight is 510 g/mol. The van der Waals surface area contributed by atoms with Gasteiger partial charge < -0.3 is 49.8 Å². The molecule has 198 valence electrons. The van der Waals surface area contributed by atoms with Gasteiger partial charge in [0, 0.05) is 11.5 Å². The minimum atomic E-state index is -1.49. The fraction of sp³-hybridized carbons (Fsp3) is 0.583. The van der Waals surface area contributed by atoms with E-state index in [4.69, 9.17) is 18.9 Å². The topological polar surface area (TPSA) is 184 Å². The average Bonchev–Trinajstić information content (AvgIpc) is 3.43. The summed E-state index contributed by atoms with van der Waals surface area (Å²) in [5.41, 5.74) is 0.676. The van der Waals surface area contributed by atoms with Crippen LogP contribution in [0.1, 0.15) is 26.3 Å². The second-order valence-electron chi connectivity index (χ2n) is 9.41. The number of Topliss-reactive ketones (excluding diaryl/α,β-unsaturated/α-hetero) is 1. The monoisotopic (exact) mass is 509 g/mol. The highest BCUT2D eigenvalue weighted by Gasteiger charge is 2.52. The van der Waals surface area contributed by atoms with E-state index in [2.05, 4.69) is 5.32 Å². The number of nitrogens with one attached hydrogen (secondary N) is 1. The van der Waals surface area contributed by atoms with Crippen LogP contribution in [0.25, 0.3) is 6.08 Å². The highest BCUT2D eigenvalue weighted by molar-refractivity contribution is 5.97. The van der Waals surface area contributed by atoms with Crippen molar-refractivity contribution in [3.8, 4) is 11.5 Å². The molecule has 0 bridgehead atoms. The van der Waals surface area contributed by atoms with Gasteiger partial charge in [-0.05, 0) is 37.6 Å². The minimum Gasteiger partial charge on any atom is -0.504 e. The van der Waals surface area contributed by atoms with Crippen LogP contribution >= 0.6 is 0 Å². The summed E-state index contributed by atoms with van der Waals surface area (Å²) >= 11 is 0. The standard InChI is InChI=1S/C24H31NO11/c1-9(23(32)25-15-16(28)10(2)20-22(17(15)29)34-8-33-20)6-12-4-5-14(13(27)7-12)35-24-19(31)18(30)21(36-24)11(3)26/h4-7,10,15-22,24,27-31H,8H2,1-3H3,(H,25,32)/b9-6+. The molecule has 3 aliphatic rings. The molecule has 36 heavy (non-hydrogen) atoms. The van der Waals surface area contributed by atoms with Gasteiger partial charge in [-0.1, -0.05) is 13.0 Å². The summed E-state index contributed by atoms with van der Waals surface area (Å²) in [5, 5.41) is 54.2. The second-order valence-corrected chi connectivity index (χ2v) is 9.41. The van der Waals surface area contributed by atoms with E-state index in [1.165, 1.54) is 38.1 Å². The number of aliphatic hydroxyl groups excluding tert-OH is 4. The number of ketones is 1. The number of hydrogen-bond acceptors (Lipinski definition) is 11. The van der Waals surface area contributed by atoms with Crippen molar-refractivity contribution >= 4 is 17.8 Å². The van der Waals surface area contributed by atoms with E-state index in [1.54, 1.807) is 6.92 Å². The molecule has 1 amide bonds. The van der Waals surface area contributed by atoms with Crippen LogP contribution in [-0.2, 0) is 23.8 Å². The molecule has 0 spiro atoms. The number of phenolic OH excluding ortho intramolecular Hbond substituents is 1. The van der Waals surface area contributed by atoms with Crippen LogP contribution in [0, 0.1) is 5.92 Å². The molecule has 0 radical (unpaired) electrons. The van der Waals surface area contributed by atoms with Gasteiger partial charge in [0.05, 0.1) is 18.2 Å². The minimum absolute atomic E-state index is 0.00990. The van der Waals surface area contributed by atoms with Gasteiger partial charge in [0.25, 0.3) is 0 Å². The predicted molar refractivity (Wildman–Crippen MR) is 121 cm³/mol. The third-order valence-corrected chi connectivity index (χ3v) is 6.86. The lowest BCUT2D eigenvalue weighted by atomic mass is 9.78. The summed E-state index contributed by atoms with van der Waals surface area (Å²) < 4.78 is 21.5. The number of rotatable bonds is 6. The number of carbonyl (C=O) groups is 2. The summed E-state index contributed by atoms with van der Waals surface area (Å²) in [6.07, 6.45) is -7.39. The van der Waals surface area contributed by atoms with Gasteiger partial charge in [0.1, 0.15) is 37.3 Å². The number of aliphatic hydroxyl groups is 4. The molecule has 1 aliphatic carbocycles. The number of amides is 1. The first-order valence-corrected chi connectivity index (χ1v) is 11.6. The molecule has 12 heteroatoms. The first kappa shape index (κ1) is 26.5. The Hall–Kier alpha value is -2.58. The van der Waals surface area contributed by atoms with Gasteiger partial charge >= 0.3 is 0 Å². The second kappa shape index (κ2) is 10.4. The van der Waals surface area contributed by atoms with Gasteiger partial charge in [0.15, 0.2) is 17.3 Å². The predicted octanol–water partition coefficient (Wildman–Crippen LogP) is -1.19. The van der Waals surface area contributed by atoms with Gasteiger partial charge in [-0.15, -0.1) is 0 Å². The molecule has 1 aromatic rings. The molecule has 2 heterocycles. The van der Waals surface area contributed by atoms with E-state index in [0.717, 1.165) is 0 Å². The van der Waals surface area contributed by atoms with Gasteiger partial charge in [0.2, 0.25) is 12.2 Å². The molecule has 2 saturated heterocycles. The smallest absolute Gasteiger partial charge is 0.247 e. The van der Waals surface area contributed by atoms with Crippen LogP contribution in [0.15, 0.2) is 23.8 Å². The number of phenols is 1. The molecule has 10 atom stereocenters. The Kier molecular flexibility index (Phi) is 7.67. The lowest BCUT2D eigenvalue weighted by molar-refractivity contribution is -0.141. The summed E-state index contributed by atoms with van der Waals surface area (Å²) in [4.78, 5) is 24.3. The molecule has 1 saturated carbocycles. The quantitative estimate of drug-likeness (QED) is 0.253. The Balaban J connectivity index is 1.41. The Morgan fingerprint density at radius 1 is 1.03 bits per heavy atom. The summed E-state index contributed by atoms with van der Waals surface area (Å²) in [6.45, 7) is 4.51. The molecular formula is C24H31NO11. The highest BCUT2D eigenvalue weighted by Crippen LogP contribution is 2.34. The van der Waals surface area contributed by atoms with Gasteiger partial charge in [-0.2, -0.15) is 0 Å². The number of carbonyl (C=O) groups excluding carboxylic acids is 2. The van der Waals surface area contributed by atoms with Crippen molar-refractivity contribution in [2.45, 2.75) is 75.8 Å². The number of aromatic hydroxyl groups is 1. The first-order valence-electron chi connectivity index (χ1n) is 11.6. The first-order chi connectivity index (χ1) is 17.0. The zero-order chi connectivity index (χ0) is 26.3. The van der Waals surface area contributed by atoms with Crippen LogP contribution in [0.3, 0.4) is 0 Å². The summed E-state index contributed by atoms with van der Waals surface area (Å²) in [5.74, 6) is -1.77. The molecule has 10 unspecified atom stereocenters. The van der Waals surface area contributed by atoms with Crippen molar-refractivity contribution in [1.82, 2.24) is 5.32 Å². The molecule has 1 aromatic carbocycles. The van der Waals surface area contributed by atoms with E-state index < -0.39 is 66.8 Å². The largest absolute Gasteiger partial charge is 0.504 e. The van der Waals surface area contributed by atoms with E-state index in [1.807, 2.05) is 0 Å². The lowest BCUT2D eigenvalue weighted by Gasteiger charge is -2.42. The molecule has 3 fully saturated rings. The molecule has 0 aromatic heterocycles. The van der Waals surface area contributed by atoms with Crippen molar-refractivity contribution in [2.75, 3.05) is 6.79 Å². The fourth-order valence-electron chi connectivity index (χ4n) is 4.74. The molecule has 4 rings (SSSR count). The number of benzene rings is 1. The Labute approximate surface area is 207 Å². The van der Waals surface area contributed by atoms with E-state index >= 15 is 0 Å². The summed E-state index contributed by atoms with van der Waals surface area (Å²) in [6, 6.07) is 3.26. The fourth-order valence-corrected chi connectivity index (χ4v) is 4.74. The van der Waals surface area contributed by atoms with E-state index in [0.29, 0.717) is 5.56 Å². The van der Waals surface area contributed by atoms with E-state index in [-0.39, 0.29) is 29.8 Å². The van der Waals surface area contributed by atoms with E-state index in [9.17, 15) is 35.1 Å². The van der Waals surface area contributed by atoms with Crippen molar-refractivity contribution in [1.29, 1.82) is 0 Å². The maximum Gasteiger partial charge on any atom is 0.247 e. The Bertz CT molecular complexity index is 1030. The third kappa shape index (κ3) is 4.98. The third-order valence-electron chi connectivity index (χ3n) is 6.86. The zero-order valence-corrected chi connectivity index (χ0v) is 20.0. The Morgan fingerprint density at radius 2 is 1.72 bits per heavy atom. The van der Waals surface area contributed by atoms with Gasteiger partial charge in [-0.25, -0.2) is 0 Å². The van der Waals surface area contributed by atoms with Crippen LogP contribution in [0.5, 0.6) is 11.5 Å². The molecule has 2 aliphatic heterocycles. The number of fused-ring (bicyclic) bond motifs is 1. The van der Waals surface area contributed by atoms with Gasteiger partial charge in [-0.3, -0.25) is 9.59 Å². The number of ether oxygens (including phenoxy) is 4. The molecular weight excluding hydrogens is 478 g/mol. The SMILES string of the molecule is CC(=O)C1OC(Oc2ccc(/C=C(\C)C(=O)NC3C(O)C(C)C4OCOC4C3O)cc2O)C(O)C1O. The number of hydrogen-bond donors (Lipinski definition) is 6. The van der Waals surface area contributed by atoms with Crippen molar-refractivity contribution < 1.29 is 54.1 Å². The zero-order valence-electron chi connectivity index (χ0n) is 20.0. The molecule has 12 nitrogen and oxygen atoms in total. The van der Waals surface area contributed by atoms with Crippen molar-refractivity contribution in [3.63, 3.8) is 0 Å². The Morgan fingerprint density at radius 3 is 2.36 bits per heavy atom. The van der Waals surface area contributed by atoms with Crippen LogP contribution < -0.4 is 10.1 Å². The maximum atomic E-state index is 12.8. The van der Waals surface area contributed by atoms with Crippen LogP contribution in [-0.4, -0.2) is 99.1 Å². The van der Waals surface area contributed by atoms with Crippen molar-refractivity contribution in [3.05, 3.63) is 29.3 Å². The summed E-state index contributed by atoms with van der Waals surface area (Å²) in [7, 11) is 0. The maximum absolute atomic E-state index is 12.8. The highest BCUT2D eigenvalue weighted by atomic mass is 16.7. The lowest BCUT2D eigenvalue weighted by Crippen LogP contribution is -2.64. The van der Waals surface area contributed by atoms with Crippen molar-refractivity contribution in [2.24, 2.45) is 5.92 Å². The van der Waals surface area contributed by atoms with Crippen LogP contribution in [0.4, 0.5) is 0 Å². The van der Waals surface area contributed by atoms with Crippen LogP contribution in [0.2, 0.25) is 0 Å². The molecule has 6 N–H and O–H groups in total.